The van der Waals surface area contributed by atoms with Crippen LogP contribution in [0.3, 0.4) is 0 Å². The van der Waals surface area contributed by atoms with Gasteiger partial charge in [-0.05, 0) is 190 Å². The molecule has 2 aromatic heterocycles. The molecular weight excluding hydrogens is 1340 g/mol. The zero-order valence-corrected chi connectivity index (χ0v) is 61.2. The van der Waals surface area contributed by atoms with Gasteiger partial charge in [0.1, 0.15) is 22.7 Å². The van der Waals surface area contributed by atoms with E-state index in [-0.39, 0.29) is 101 Å². The van der Waals surface area contributed by atoms with Gasteiger partial charge in [0.2, 0.25) is 5.75 Å². The zero-order valence-electron chi connectivity index (χ0n) is 61.2. The molecule has 108 heavy (non-hydrogen) atoms. The van der Waals surface area contributed by atoms with Gasteiger partial charge in [0.05, 0.1) is 55.7 Å². The second kappa shape index (κ2) is 25.6. The number of phenolic OH excluding ortho intramolecular Hbond substituents is 1. The van der Waals surface area contributed by atoms with Gasteiger partial charge in [0, 0.05) is 88.9 Å². The van der Waals surface area contributed by atoms with Crippen LogP contribution in [0, 0.1) is 64.6 Å². The SMILES string of the molecule is COc1c2c(c3oc(-c4ccc(O)cc4)cc(=O)c3c1OCC[C@@H](O)/C=C/c1ccccc1)[C@H]1C#C[C@@H]3NCCN4c5[nH]c(cc5-c5cccc(c5)C1)[C@@]1(C)[C@H]5CC[C@@H](C#C[C@@H]6[C@H]7C=Cc8ccc9cc%10ccccc%10c%10c9c8[C@@]7(C[C@@]6(c6ccc(c(N=C(N)N)c6)C[C@@H](CO)CO2)[C@H]34)C2(CCCC2)C%10)[C@@H]1CC5. The number of phenols is 1. The fourth-order valence-electron chi connectivity index (χ4n) is 23.2. The molecule has 0 radical (unpaired) electrons. The molecule has 14 nitrogen and oxygen atoms in total. The van der Waals surface area contributed by atoms with E-state index in [0.717, 1.165) is 103 Å². The van der Waals surface area contributed by atoms with Crippen molar-refractivity contribution in [2.24, 2.45) is 57.4 Å². The quantitative estimate of drug-likeness (QED) is 0.0295. The van der Waals surface area contributed by atoms with Gasteiger partial charge in [0.15, 0.2) is 28.5 Å². The van der Waals surface area contributed by atoms with Gasteiger partial charge in [-0.2, -0.15) is 0 Å². The van der Waals surface area contributed by atoms with Crippen LogP contribution in [0.5, 0.6) is 23.0 Å². The monoisotopic (exact) mass is 1430 g/mol. The Labute approximate surface area is 629 Å². The molecule has 21 rings (SSSR count). The minimum Gasteiger partial charge on any atom is -0.508 e. The van der Waals surface area contributed by atoms with Crippen LogP contribution in [0.1, 0.15) is 127 Å². The number of anilines is 1. The highest BCUT2D eigenvalue weighted by molar-refractivity contribution is 6.06. The number of aromatic amines is 1. The number of nitrogens with zero attached hydrogens (tertiary/aromatic N) is 2. The number of benzene rings is 8. The van der Waals surface area contributed by atoms with Crippen molar-refractivity contribution in [2.75, 3.05) is 44.9 Å². The van der Waals surface area contributed by atoms with Crippen molar-refractivity contribution in [1.29, 1.82) is 0 Å². The van der Waals surface area contributed by atoms with Gasteiger partial charge in [-0.15, -0.1) is 0 Å². The number of allylic oxidation sites excluding steroid dienone is 1. The lowest BCUT2D eigenvalue weighted by molar-refractivity contribution is 0.0811. The molecule has 0 unspecified atom stereocenters. The number of H-pyrrole nitrogens is 1. The van der Waals surface area contributed by atoms with E-state index in [1.165, 1.54) is 50.0 Å². The van der Waals surface area contributed by atoms with Gasteiger partial charge in [-0.25, -0.2) is 4.99 Å². The lowest BCUT2D eigenvalue weighted by atomic mass is 9.46. The highest BCUT2D eigenvalue weighted by Gasteiger charge is 2.74. The maximum atomic E-state index is 15.8. The fraction of sp³-hybridized carbons (Fsp3) is 0.362. The number of fused-ring (bicyclic) bond motifs is 13. The number of aromatic hydroxyl groups is 1. The molecule has 544 valence electrons. The van der Waals surface area contributed by atoms with Crippen LogP contribution in [-0.2, 0) is 35.5 Å². The third kappa shape index (κ3) is 10.1. The lowest BCUT2D eigenvalue weighted by Crippen LogP contribution is -2.67. The number of nitrogens with one attached hydrogen (secondary N) is 2. The van der Waals surface area contributed by atoms with Gasteiger partial charge >= 0.3 is 0 Å². The molecule has 9 N–H and O–H groups in total. The summed E-state index contributed by atoms with van der Waals surface area (Å²) >= 11 is 0. The number of aliphatic imine (C=N–C) groups is 1. The zero-order chi connectivity index (χ0) is 73.0. The minimum absolute atomic E-state index is 0.0379. The largest absolute Gasteiger partial charge is 0.508 e. The average Bonchev–Trinajstić information content (AvgIpc) is 1.45. The summed E-state index contributed by atoms with van der Waals surface area (Å²) in [6, 6.07) is 51.7. The summed E-state index contributed by atoms with van der Waals surface area (Å²) in [6.45, 7) is 3.43. The van der Waals surface area contributed by atoms with Crippen LogP contribution in [0.2, 0.25) is 0 Å². The summed E-state index contributed by atoms with van der Waals surface area (Å²) in [6.07, 6.45) is 19.2. The normalized spacial score (nSPS) is 27.9. The summed E-state index contributed by atoms with van der Waals surface area (Å²) in [4.78, 5) is 28.2. The van der Waals surface area contributed by atoms with E-state index in [1.807, 2.05) is 36.4 Å². The van der Waals surface area contributed by atoms with E-state index in [4.69, 9.17) is 35.1 Å². The highest BCUT2D eigenvalue weighted by atomic mass is 16.5. The highest BCUT2D eigenvalue weighted by Crippen LogP contribution is 2.76. The predicted molar refractivity (Wildman–Crippen MR) is 427 cm³/mol. The summed E-state index contributed by atoms with van der Waals surface area (Å²) < 4.78 is 28.3. The Hall–Kier alpha value is -10.5. The maximum absolute atomic E-state index is 15.8. The van der Waals surface area contributed by atoms with Crippen molar-refractivity contribution >= 4 is 62.1 Å². The van der Waals surface area contributed by atoms with Crippen LogP contribution in [0.4, 0.5) is 11.5 Å². The number of guanidine groups is 1. The molecule has 5 fully saturated rings. The molecule has 8 aromatic carbocycles. The van der Waals surface area contributed by atoms with E-state index in [9.17, 15) is 15.3 Å². The van der Waals surface area contributed by atoms with Gasteiger partial charge in [-0.3, -0.25) is 4.79 Å². The first-order valence-corrected chi connectivity index (χ1v) is 39.3. The molecule has 14 bridgehead atoms. The second-order valence-corrected chi connectivity index (χ2v) is 33.1. The first-order chi connectivity index (χ1) is 52.7. The number of methoxy groups -OCH3 is 1. The molecule has 6 aliphatic carbocycles. The van der Waals surface area contributed by atoms with Gasteiger partial charge < -0.3 is 60.6 Å². The van der Waals surface area contributed by atoms with Crippen LogP contribution in [0.15, 0.2) is 178 Å². The number of hydrogen-bond acceptors (Lipinski definition) is 11. The van der Waals surface area contributed by atoms with Crippen LogP contribution in [-0.4, -0.2) is 84.5 Å². The summed E-state index contributed by atoms with van der Waals surface area (Å²) in [5.41, 5.74) is 24.8. The van der Waals surface area contributed by atoms with Crippen molar-refractivity contribution < 1.29 is 33.9 Å². The summed E-state index contributed by atoms with van der Waals surface area (Å²) in [5.74, 6) is 18.3. The molecular formula is C94H90N6O8. The molecule has 3 spiro atoms. The number of aliphatic hydroxyl groups is 2. The molecule has 14 heteroatoms. The Morgan fingerprint density at radius 1 is 0.843 bits per heavy atom. The molecule has 4 saturated carbocycles. The van der Waals surface area contributed by atoms with Crippen molar-refractivity contribution in [2.45, 2.75) is 131 Å². The Bertz CT molecular complexity index is 5650. The van der Waals surface area contributed by atoms with E-state index in [1.54, 1.807) is 37.5 Å². The number of hydrogen-bond donors (Lipinski definition) is 7. The number of aromatic nitrogens is 1. The number of aliphatic hydroxyl groups excluding tert-OH is 2. The number of rotatable bonds is 10. The molecule has 0 amide bonds. The smallest absolute Gasteiger partial charge is 0.204 e. The standard InChI is InChI=1S/C94H90N6O8/c1-91-65-27-20-57(72(91)35-29-65)24-33-73-74-34-25-59-18-19-64-46-61-14-6-7-16-69(61)71-50-92(38-8-9-39-92)94(74,83(59)80(64)71)53-93(73)66-28-21-62(76(47-66)98-90(95)96)45-56(51-101)52-107-85-81(63-26-36-75-88(93)100(41-40-97-75)89-70(48-79(91)99-89)60-15-10-13-55(43-60)44-63)84-82(77(104)49-78(108-84)58-22-31-67(102)32-23-58)86(87(85)105-2)106-42-37-68(103)30-17-54-11-4-3-5-12-54/h3-7,10-19,21-23,25,28,30-32,34,43,46-49,56-57,63,65,68,72-75,88,97,99,101-103H,8-9,20,27,29,35,37-42,44-45,50-53H2,1-2H3,(H4,95,96,98)/b30-17+/t56-,57-,63-,65-,68-,72-,73+,74+,75-,88-,91-,93-,94-/m0/s1. The minimum atomic E-state index is -0.916. The third-order valence-electron chi connectivity index (χ3n) is 27.9. The van der Waals surface area contributed by atoms with Gasteiger partial charge in [-0.1, -0.05) is 171 Å². The van der Waals surface area contributed by atoms with E-state index in [2.05, 4.69) is 149 Å². The molecule has 1 saturated heterocycles. The average molecular weight is 1430 g/mol. The molecule has 10 aromatic rings. The first-order valence-electron chi connectivity index (χ1n) is 39.3. The predicted octanol–water partition coefficient (Wildman–Crippen LogP) is 15.6. The first kappa shape index (κ1) is 66.9. The van der Waals surface area contributed by atoms with Crippen LogP contribution >= 0.6 is 0 Å². The Kier molecular flexibility index (Phi) is 15.9. The number of ether oxygens (including phenoxy) is 3. The second-order valence-electron chi connectivity index (χ2n) is 33.1. The molecule has 11 aliphatic rings. The van der Waals surface area contributed by atoms with Crippen molar-refractivity contribution in [3.05, 3.63) is 224 Å². The molecule has 7 heterocycles. The Morgan fingerprint density at radius 3 is 2.53 bits per heavy atom. The van der Waals surface area contributed by atoms with E-state index >= 15 is 4.79 Å². The van der Waals surface area contributed by atoms with Gasteiger partial charge in [0.25, 0.3) is 0 Å². The van der Waals surface area contributed by atoms with Crippen molar-refractivity contribution in [3.63, 3.8) is 0 Å². The van der Waals surface area contributed by atoms with Crippen molar-refractivity contribution in [1.82, 2.24) is 10.3 Å². The number of piperazine rings is 1. The Morgan fingerprint density at radius 2 is 1.69 bits per heavy atom. The molecule has 5 aliphatic heterocycles. The van der Waals surface area contributed by atoms with E-state index in [0.29, 0.717) is 54.6 Å². The lowest BCUT2D eigenvalue weighted by Gasteiger charge is -2.57. The topological polar surface area (TPSA) is 214 Å². The fourth-order valence-corrected chi connectivity index (χ4v) is 23.2. The van der Waals surface area contributed by atoms with Crippen LogP contribution in [0.25, 0.3) is 67.1 Å². The van der Waals surface area contributed by atoms with Crippen LogP contribution < -0.4 is 41.3 Å². The Balaban J connectivity index is 0.898. The van der Waals surface area contributed by atoms with E-state index < -0.39 is 46.3 Å². The summed E-state index contributed by atoms with van der Waals surface area (Å²) in [5, 5.41) is 43.9. The summed E-state index contributed by atoms with van der Waals surface area (Å²) in [7, 11) is 1.55. The van der Waals surface area contributed by atoms with Crippen molar-refractivity contribution in [3.8, 4) is 69.1 Å². The maximum Gasteiger partial charge on any atom is 0.204 e. The third-order valence-corrected chi connectivity index (χ3v) is 27.9. The molecule has 13 atom stereocenters. The number of nitrogens with two attached hydrogens (primary N) is 2.